The molecule has 0 saturated carbocycles. The van der Waals surface area contributed by atoms with Gasteiger partial charge in [-0.15, -0.1) is 0 Å². The van der Waals surface area contributed by atoms with Crippen molar-refractivity contribution in [3.8, 4) is 5.75 Å². The summed E-state index contributed by atoms with van der Waals surface area (Å²) in [5, 5.41) is 0.683. The summed E-state index contributed by atoms with van der Waals surface area (Å²) in [4.78, 5) is 15.1. The van der Waals surface area contributed by atoms with Gasteiger partial charge in [0.05, 0.1) is 26.2 Å². The largest absolute Gasteiger partial charge is 0.497 e. The Labute approximate surface area is 165 Å². The fraction of sp³-hybridized carbons (Fsp3) is 0.318. The normalized spacial score (nSPS) is 15.3. The van der Waals surface area contributed by atoms with Gasteiger partial charge in [0.25, 0.3) is 0 Å². The van der Waals surface area contributed by atoms with Crippen LogP contribution in [-0.4, -0.2) is 44.2 Å². The number of hydrogen-bond donors (Lipinski definition) is 0. The molecule has 5 heteroatoms. The summed E-state index contributed by atoms with van der Waals surface area (Å²) in [5.41, 5.74) is 2.86. The number of carbonyl (C=O) groups is 1. The van der Waals surface area contributed by atoms with Gasteiger partial charge in [-0.25, -0.2) is 0 Å². The number of amides is 1. The molecule has 0 aliphatic carbocycles. The van der Waals surface area contributed by atoms with E-state index in [4.69, 9.17) is 21.1 Å². The lowest BCUT2D eigenvalue weighted by molar-refractivity contribution is -0.136. The molecule has 3 rings (SSSR count). The molecule has 1 fully saturated rings. The summed E-state index contributed by atoms with van der Waals surface area (Å²) >= 11 is 5.98. The number of hydrogen-bond acceptors (Lipinski definition) is 3. The Balaban J connectivity index is 1.84. The van der Waals surface area contributed by atoms with Crippen LogP contribution in [0.15, 0.2) is 55.1 Å². The molecular formula is C22H24ClNO3. The summed E-state index contributed by atoms with van der Waals surface area (Å²) in [5.74, 6) is 0.587. The van der Waals surface area contributed by atoms with E-state index < -0.39 is 0 Å². The van der Waals surface area contributed by atoms with Gasteiger partial charge in [-0.1, -0.05) is 42.4 Å². The zero-order valence-electron chi connectivity index (χ0n) is 15.5. The monoisotopic (exact) mass is 385 g/mol. The van der Waals surface area contributed by atoms with Crippen LogP contribution in [0.1, 0.15) is 23.5 Å². The van der Waals surface area contributed by atoms with Gasteiger partial charge in [0.15, 0.2) is 0 Å². The lowest BCUT2D eigenvalue weighted by Gasteiger charge is -2.31. The molecule has 0 aromatic heterocycles. The highest BCUT2D eigenvalue weighted by atomic mass is 35.5. The van der Waals surface area contributed by atoms with Crippen LogP contribution >= 0.6 is 11.6 Å². The van der Waals surface area contributed by atoms with Gasteiger partial charge in [0.2, 0.25) is 5.91 Å². The molecule has 0 unspecified atom stereocenters. The molecule has 0 spiro atoms. The number of methoxy groups -OCH3 is 1. The second kappa shape index (κ2) is 9.07. The second-order valence-corrected chi connectivity index (χ2v) is 7.01. The summed E-state index contributed by atoms with van der Waals surface area (Å²) in [7, 11) is 1.63. The third kappa shape index (κ3) is 4.90. The van der Waals surface area contributed by atoms with Crippen LogP contribution in [0.4, 0.5) is 0 Å². The van der Waals surface area contributed by atoms with Crippen molar-refractivity contribution in [2.45, 2.75) is 12.3 Å². The molecule has 1 saturated heterocycles. The van der Waals surface area contributed by atoms with Crippen molar-refractivity contribution in [3.63, 3.8) is 0 Å². The van der Waals surface area contributed by atoms with Crippen LogP contribution in [0, 0.1) is 0 Å². The van der Waals surface area contributed by atoms with Crippen LogP contribution in [0.3, 0.4) is 0 Å². The molecular weight excluding hydrogens is 362 g/mol. The zero-order chi connectivity index (χ0) is 19.2. The highest BCUT2D eigenvalue weighted by molar-refractivity contribution is 6.30. The zero-order valence-corrected chi connectivity index (χ0v) is 16.2. The van der Waals surface area contributed by atoms with E-state index in [0.29, 0.717) is 37.7 Å². The molecule has 0 N–H and O–H groups in total. The average Bonchev–Trinajstić information content (AvgIpc) is 2.72. The Morgan fingerprint density at radius 2 is 1.78 bits per heavy atom. The molecule has 0 bridgehead atoms. The van der Waals surface area contributed by atoms with Gasteiger partial charge in [0.1, 0.15) is 5.75 Å². The number of nitrogens with zero attached hydrogens (tertiary/aromatic N) is 1. The summed E-state index contributed by atoms with van der Waals surface area (Å²) in [6.45, 7) is 6.63. The number of allylic oxidation sites excluding steroid dienone is 1. The van der Waals surface area contributed by atoms with E-state index in [1.165, 1.54) is 0 Å². The third-order valence-corrected chi connectivity index (χ3v) is 5.09. The molecule has 1 aliphatic heterocycles. The van der Waals surface area contributed by atoms with Crippen LogP contribution in [0.5, 0.6) is 5.75 Å². The summed E-state index contributed by atoms with van der Waals surface area (Å²) < 4.78 is 10.6. The second-order valence-electron chi connectivity index (χ2n) is 6.58. The highest BCUT2D eigenvalue weighted by Crippen LogP contribution is 2.31. The Morgan fingerprint density at radius 3 is 2.37 bits per heavy atom. The average molecular weight is 386 g/mol. The van der Waals surface area contributed by atoms with Gasteiger partial charge in [0, 0.05) is 18.1 Å². The Bertz CT molecular complexity index is 780. The van der Waals surface area contributed by atoms with Crippen molar-refractivity contribution in [1.82, 2.24) is 4.90 Å². The SMILES string of the molecule is C=C(C[C@H](C(=O)N1CCOCC1)c1ccc(OC)cc1)c1ccc(Cl)cc1. The molecule has 27 heavy (non-hydrogen) atoms. The first-order valence-electron chi connectivity index (χ1n) is 9.02. The molecule has 142 valence electrons. The Morgan fingerprint density at radius 1 is 1.15 bits per heavy atom. The number of morpholine rings is 1. The summed E-state index contributed by atoms with van der Waals surface area (Å²) in [6.07, 6.45) is 0.546. The molecule has 1 amide bonds. The van der Waals surface area contributed by atoms with Crippen LogP contribution in [0.25, 0.3) is 5.57 Å². The van der Waals surface area contributed by atoms with E-state index >= 15 is 0 Å². The van der Waals surface area contributed by atoms with Crippen LogP contribution in [-0.2, 0) is 9.53 Å². The molecule has 1 heterocycles. The molecule has 2 aromatic carbocycles. The van der Waals surface area contributed by atoms with Gasteiger partial charge in [-0.3, -0.25) is 4.79 Å². The standard InChI is InChI=1S/C22H24ClNO3/c1-16(17-3-7-19(23)8-4-17)15-21(18-5-9-20(26-2)10-6-18)22(25)24-11-13-27-14-12-24/h3-10,21H,1,11-15H2,2H3/t21-/m0/s1. The molecule has 1 atom stereocenters. The highest BCUT2D eigenvalue weighted by Gasteiger charge is 2.28. The number of halogens is 1. The lowest BCUT2D eigenvalue weighted by Crippen LogP contribution is -2.43. The number of carbonyl (C=O) groups excluding carboxylic acids is 1. The Kier molecular flexibility index (Phi) is 6.54. The van der Waals surface area contributed by atoms with E-state index in [1.54, 1.807) is 7.11 Å². The Hall–Kier alpha value is -2.30. The van der Waals surface area contributed by atoms with Crippen molar-refractivity contribution < 1.29 is 14.3 Å². The quantitative estimate of drug-likeness (QED) is 0.740. The third-order valence-electron chi connectivity index (χ3n) is 4.84. The minimum Gasteiger partial charge on any atom is -0.497 e. The predicted molar refractivity (Wildman–Crippen MR) is 108 cm³/mol. The van der Waals surface area contributed by atoms with Crippen LogP contribution in [0.2, 0.25) is 5.02 Å². The van der Waals surface area contributed by atoms with E-state index in [-0.39, 0.29) is 11.8 Å². The molecule has 2 aromatic rings. The molecule has 4 nitrogen and oxygen atoms in total. The number of rotatable bonds is 6. The van der Waals surface area contributed by atoms with Gasteiger partial charge >= 0.3 is 0 Å². The first-order valence-corrected chi connectivity index (χ1v) is 9.40. The first-order chi connectivity index (χ1) is 13.1. The first kappa shape index (κ1) is 19.5. The van der Waals surface area contributed by atoms with Crippen molar-refractivity contribution in [2.24, 2.45) is 0 Å². The van der Waals surface area contributed by atoms with E-state index in [2.05, 4.69) is 6.58 Å². The van der Waals surface area contributed by atoms with Gasteiger partial charge in [-0.05, 0) is 47.4 Å². The topological polar surface area (TPSA) is 38.8 Å². The van der Waals surface area contributed by atoms with Gasteiger partial charge < -0.3 is 14.4 Å². The maximum atomic E-state index is 13.3. The fourth-order valence-electron chi connectivity index (χ4n) is 3.24. The van der Waals surface area contributed by atoms with Crippen molar-refractivity contribution in [3.05, 3.63) is 71.3 Å². The fourth-order valence-corrected chi connectivity index (χ4v) is 3.36. The van der Waals surface area contributed by atoms with E-state index in [0.717, 1.165) is 22.4 Å². The maximum Gasteiger partial charge on any atom is 0.230 e. The van der Waals surface area contributed by atoms with Crippen molar-refractivity contribution in [1.29, 1.82) is 0 Å². The summed E-state index contributed by atoms with van der Waals surface area (Å²) in [6, 6.07) is 15.3. The minimum absolute atomic E-state index is 0.110. The molecule has 0 radical (unpaired) electrons. The van der Waals surface area contributed by atoms with Crippen molar-refractivity contribution in [2.75, 3.05) is 33.4 Å². The predicted octanol–water partition coefficient (Wildman–Crippen LogP) is 4.39. The minimum atomic E-state index is -0.294. The number of benzene rings is 2. The smallest absolute Gasteiger partial charge is 0.230 e. The van der Waals surface area contributed by atoms with Crippen LogP contribution < -0.4 is 4.74 Å². The van der Waals surface area contributed by atoms with Gasteiger partial charge in [-0.2, -0.15) is 0 Å². The number of ether oxygens (including phenoxy) is 2. The maximum absolute atomic E-state index is 13.3. The van der Waals surface area contributed by atoms with E-state index in [1.807, 2.05) is 53.4 Å². The van der Waals surface area contributed by atoms with E-state index in [9.17, 15) is 4.79 Å². The molecule has 1 aliphatic rings. The van der Waals surface area contributed by atoms with Crippen molar-refractivity contribution >= 4 is 23.1 Å². The lowest BCUT2D eigenvalue weighted by atomic mass is 9.88.